The van der Waals surface area contributed by atoms with Crippen LogP contribution < -0.4 is 9.80 Å². The highest BCUT2D eigenvalue weighted by Crippen LogP contribution is 2.47. The van der Waals surface area contributed by atoms with Crippen LogP contribution in [0, 0.1) is 4.77 Å². The Morgan fingerprint density at radius 1 is 0.970 bits per heavy atom. The zero-order valence-electron chi connectivity index (χ0n) is 18.5. The van der Waals surface area contributed by atoms with E-state index in [2.05, 4.69) is 85.8 Å². The smallest absolute Gasteiger partial charge is 0.216 e. The van der Waals surface area contributed by atoms with Crippen LogP contribution >= 0.6 is 24.0 Å². The van der Waals surface area contributed by atoms with Gasteiger partial charge in [-0.25, -0.2) is 0 Å². The lowest BCUT2D eigenvalue weighted by Crippen LogP contribution is -2.24. The maximum Gasteiger partial charge on any atom is 0.216 e. The lowest BCUT2D eigenvalue weighted by atomic mass is 10.2. The predicted octanol–water partition coefficient (Wildman–Crippen LogP) is 5.73. The molecule has 0 fully saturated rings. The first kappa shape index (κ1) is 21.5. The van der Waals surface area contributed by atoms with Crippen LogP contribution in [0.1, 0.15) is 11.4 Å². The number of hydrogen-bond acceptors (Lipinski definition) is 6. The van der Waals surface area contributed by atoms with Gasteiger partial charge in [-0.3, -0.25) is 5.10 Å². The molecule has 0 bridgehead atoms. The van der Waals surface area contributed by atoms with Crippen molar-refractivity contribution in [3.63, 3.8) is 0 Å². The Morgan fingerprint density at radius 3 is 2.24 bits per heavy atom. The Balaban J connectivity index is 1.38. The summed E-state index contributed by atoms with van der Waals surface area (Å²) in [4.78, 5) is 6.94. The number of anilines is 3. The molecular formula is C25H24N6S2. The molecule has 0 atom stereocenters. The van der Waals surface area contributed by atoms with Crippen molar-refractivity contribution in [2.45, 2.75) is 16.2 Å². The molecule has 1 aliphatic heterocycles. The Bertz CT molecular complexity index is 1310. The van der Waals surface area contributed by atoms with Gasteiger partial charge in [-0.2, -0.15) is 14.9 Å². The molecule has 1 aromatic heterocycles. The van der Waals surface area contributed by atoms with Gasteiger partial charge in [-0.05, 0) is 54.2 Å². The van der Waals surface area contributed by atoms with Gasteiger partial charge in [0.2, 0.25) is 4.77 Å². The molecule has 0 spiro atoms. The zero-order valence-corrected chi connectivity index (χ0v) is 20.1. The van der Waals surface area contributed by atoms with Crippen LogP contribution in [-0.4, -0.2) is 41.7 Å². The first-order chi connectivity index (χ1) is 16.1. The lowest BCUT2D eigenvalue weighted by molar-refractivity contribution is 0.744. The molecular weight excluding hydrogens is 448 g/mol. The Kier molecular flexibility index (Phi) is 6.02. The highest BCUT2D eigenvalue weighted by atomic mass is 32.2. The van der Waals surface area contributed by atoms with E-state index in [4.69, 9.17) is 12.2 Å². The van der Waals surface area contributed by atoms with E-state index in [1.165, 1.54) is 21.2 Å². The molecule has 33 heavy (non-hydrogen) atoms. The zero-order chi connectivity index (χ0) is 22.8. The number of aromatic nitrogens is 3. The van der Waals surface area contributed by atoms with E-state index in [9.17, 15) is 0 Å². The van der Waals surface area contributed by atoms with Crippen LogP contribution in [0.5, 0.6) is 0 Å². The van der Waals surface area contributed by atoms with Gasteiger partial charge in [-0.1, -0.05) is 48.2 Å². The second kappa shape index (κ2) is 9.25. The van der Waals surface area contributed by atoms with Gasteiger partial charge >= 0.3 is 0 Å². The maximum atomic E-state index is 5.45. The van der Waals surface area contributed by atoms with Crippen molar-refractivity contribution in [2.75, 3.05) is 30.4 Å². The van der Waals surface area contributed by atoms with Crippen LogP contribution in [0.25, 0.3) is 0 Å². The average molecular weight is 473 g/mol. The van der Waals surface area contributed by atoms with E-state index in [0.717, 1.165) is 23.6 Å². The molecule has 5 rings (SSSR count). The minimum absolute atomic E-state index is 0.487. The first-order valence-corrected chi connectivity index (χ1v) is 11.9. The summed E-state index contributed by atoms with van der Waals surface area (Å²) < 4.78 is 2.20. The minimum Gasteiger partial charge on any atom is -0.378 e. The number of nitrogens with zero attached hydrogens (tertiary/aromatic N) is 5. The van der Waals surface area contributed by atoms with Crippen LogP contribution in [0.4, 0.5) is 17.1 Å². The number of nitrogens with one attached hydrogen (secondary N) is 1. The number of benzene rings is 3. The first-order valence-electron chi connectivity index (χ1n) is 10.7. The summed E-state index contributed by atoms with van der Waals surface area (Å²) in [5, 5.41) is 12.0. The van der Waals surface area contributed by atoms with Gasteiger partial charge in [0.05, 0.1) is 17.6 Å². The average Bonchev–Trinajstić information content (AvgIpc) is 3.19. The molecule has 0 saturated heterocycles. The number of rotatable bonds is 6. The number of H-pyrrole nitrogens is 1. The van der Waals surface area contributed by atoms with Crippen molar-refractivity contribution in [3.05, 3.63) is 89.0 Å². The van der Waals surface area contributed by atoms with E-state index in [-0.39, 0.29) is 0 Å². The summed E-state index contributed by atoms with van der Waals surface area (Å²) in [7, 11) is 4.05. The van der Waals surface area contributed by atoms with Crippen molar-refractivity contribution >= 4 is 47.3 Å². The summed E-state index contributed by atoms with van der Waals surface area (Å²) in [6, 6.07) is 25.3. The molecule has 1 aliphatic rings. The summed E-state index contributed by atoms with van der Waals surface area (Å²) in [5.74, 6) is 0.800. The molecule has 0 amide bonds. The van der Waals surface area contributed by atoms with E-state index >= 15 is 0 Å². The van der Waals surface area contributed by atoms with E-state index < -0.39 is 0 Å². The lowest BCUT2D eigenvalue weighted by Gasteiger charge is -2.32. The van der Waals surface area contributed by atoms with Crippen molar-refractivity contribution in [1.82, 2.24) is 14.9 Å². The molecule has 166 valence electrons. The Morgan fingerprint density at radius 2 is 1.61 bits per heavy atom. The predicted molar refractivity (Wildman–Crippen MR) is 139 cm³/mol. The fourth-order valence-corrected chi connectivity index (χ4v) is 5.12. The minimum atomic E-state index is 0.487. The van der Waals surface area contributed by atoms with Gasteiger partial charge in [0.1, 0.15) is 0 Å². The fraction of sp³-hybridized carbons (Fsp3) is 0.160. The number of aromatic amines is 1. The van der Waals surface area contributed by atoms with E-state index in [1.54, 1.807) is 4.68 Å². The number of para-hydroxylation sites is 2. The molecule has 2 heterocycles. The van der Waals surface area contributed by atoms with Gasteiger partial charge in [0.25, 0.3) is 0 Å². The maximum absolute atomic E-state index is 5.45. The third kappa shape index (κ3) is 4.44. The van der Waals surface area contributed by atoms with Crippen molar-refractivity contribution in [3.8, 4) is 0 Å². The molecule has 1 N–H and O–H groups in total. The van der Waals surface area contributed by atoms with Crippen LogP contribution in [0.15, 0.2) is 87.7 Å². The monoisotopic (exact) mass is 472 g/mol. The van der Waals surface area contributed by atoms with Crippen molar-refractivity contribution in [2.24, 2.45) is 5.10 Å². The SMILES string of the molecule is CN(C)c1ccc(/C=N/n2c(CCN3c4ccccc4Sc4ccccc43)n[nH]c2=S)cc1. The Hall–Kier alpha value is -3.36. The van der Waals surface area contributed by atoms with Crippen molar-refractivity contribution in [1.29, 1.82) is 0 Å². The summed E-state index contributed by atoms with van der Waals surface area (Å²) in [5.41, 5.74) is 4.58. The topological polar surface area (TPSA) is 52.5 Å². The second-order valence-electron chi connectivity index (χ2n) is 7.93. The molecule has 6 nitrogen and oxygen atoms in total. The van der Waals surface area contributed by atoms with Crippen LogP contribution in [0.2, 0.25) is 0 Å². The van der Waals surface area contributed by atoms with E-state index in [1.807, 2.05) is 44.2 Å². The number of fused-ring (bicyclic) bond motifs is 2. The van der Waals surface area contributed by atoms with Gasteiger partial charge in [0, 0.05) is 42.5 Å². The summed E-state index contributed by atoms with van der Waals surface area (Å²) in [6.07, 6.45) is 2.51. The molecule has 0 aliphatic carbocycles. The van der Waals surface area contributed by atoms with E-state index in [0.29, 0.717) is 11.2 Å². The third-order valence-corrected chi connectivity index (χ3v) is 6.93. The molecule has 0 unspecified atom stereocenters. The van der Waals surface area contributed by atoms with Gasteiger partial charge < -0.3 is 9.80 Å². The normalized spacial score (nSPS) is 12.6. The largest absolute Gasteiger partial charge is 0.378 e. The molecule has 0 radical (unpaired) electrons. The molecule has 0 saturated carbocycles. The van der Waals surface area contributed by atoms with Gasteiger partial charge in [-0.15, -0.1) is 0 Å². The summed E-state index contributed by atoms with van der Waals surface area (Å²) >= 11 is 7.26. The number of hydrogen-bond donors (Lipinski definition) is 1. The van der Waals surface area contributed by atoms with Crippen molar-refractivity contribution < 1.29 is 0 Å². The molecule has 3 aromatic carbocycles. The highest BCUT2D eigenvalue weighted by molar-refractivity contribution is 7.99. The van der Waals surface area contributed by atoms with Crippen LogP contribution in [0.3, 0.4) is 0 Å². The Labute approximate surface area is 202 Å². The second-order valence-corrected chi connectivity index (χ2v) is 9.40. The highest BCUT2D eigenvalue weighted by Gasteiger charge is 2.23. The van der Waals surface area contributed by atoms with Crippen LogP contribution in [-0.2, 0) is 6.42 Å². The van der Waals surface area contributed by atoms with Gasteiger partial charge in [0.15, 0.2) is 5.82 Å². The standard InChI is InChI=1S/C25H24N6S2/c1-29(2)19-13-11-18(12-14-19)17-26-31-24(27-28-25(31)32)15-16-30-20-7-3-5-9-22(20)33-23-10-6-4-8-21(23)30/h3-14,17H,15-16H2,1-2H3,(H,28,32)/b26-17+. The fourth-order valence-electron chi connectivity index (χ4n) is 3.82. The third-order valence-electron chi connectivity index (χ3n) is 5.54. The summed E-state index contributed by atoms with van der Waals surface area (Å²) in [6.45, 7) is 0.765. The quantitative estimate of drug-likeness (QED) is 0.287. The molecule has 4 aromatic rings. The molecule has 8 heteroatoms.